The van der Waals surface area contributed by atoms with Gasteiger partial charge in [-0.05, 0) is 93.4 Å². The van der Waals surface area contributed by atoms with E-state index in [-0.39, 0.29) is 5.82 Å². The van der Waals surface area contributed by atoms with Crippen molar-refractivity contribution in [2.24, 2.45) is 0 Å². The molecule has 36 heavy (non-hydrogen) atoms. The number of pyridine rings is 1. The second-order valence-electron chi connectivity index (χ2n) is 9.36. The molecule has 3 aromatic heterocycles. The van der Waals surface area contributed by atoms with Gasteiger partial charge in [0.2, 0.25) is 0 Å². The molecule has 0 unspecified atom stereocenters. The van der Waals surface area contributed by atoms with Gasteiger partial charge < -0.3 is 15.4 Å². The van der Waals surface area contributed by atoms with Crippen LogP contribution < -0.4 is 5.73 Å². The van der Waals surface area contributed by atoms with Crippen LogP contribution in [0.5, 0.6) is 0 Å². The number of allylic oxidation sites excluding steroid dienone is 3. The normalized spacial score (nSPS) is 15.6. The second-order valence-corrected chi connectivity index (χ2v) is 10.4. The lowest BCUT2D eigenvalue weighted by atomic mass is 9.95. The van der Waals surface area contributed by atoms with Crippen molar-refractivity contribution in [2.75, 3.05) is 5.73 Å². The van der Waals surface area contributed by atoms with E-state index in [1.54, 1.807) is 11.3 Å². The third-order valence-electron chi connectivity index (χ3n) is 7.32. The van der Waals surface area contributed by atoms with Gasteiger partial charge in [0, 0.05) is 21.8 Å². The summed E-state index contributed by atoms with van der Waals surface area (Å²) in [6.45, 7) is 7.67. The van der Waals surface area contributed by atoms with Crippen molar-refractivity contribution in [1.29, 1.82) is 10.5 Å². The first kappa shape index (κ1) is 23.6. The van der Waals surface area contributed by atoms with Crippen LogP contribution in [-0.2, 0) is 12.8 Å². The number of anilines is 1. The van der Waals surface area contributed by atoms with Crippen LogP contribution in [0.1, 0.15) is 79.9 Å². The summed E-state index contributed by atoms with van der Waals surface area (Å²) in [5.74, 6) is -0.765. The number of nitrogen functional groups attached to an aromatic ring is 1. The van der Waals surface area contributed by atoms with Crippen molar-refractivity contribution in [3.05, 3.63) is 67.0 Å². The number of carboxylic acids is 1. The minimum atomic E-state index is -0.887. The van der Waals surface area contributed by atoms with Gasteiger partial charge in [-0.2, -0.15) is 10.5 Å². The lowest BCUT2D eigenvalue weighted by Crippen LogP contribution is -2.09. The molecule has 0 bridgehead atoms. The Hall–Kier alpha value is -4.14. The van der Waals surface area contributed by atoms with Crippen LogP contribution in [0.4, 0.5) is 5.82 Å². The van der Waals surface area contributed by atoms with Gasteiger partial charge >= 0.3 is 5.97 Å². The van der Waals surface area contributed by atoms with Gasteiger partial charge in [0.1, 0.15) is 23.0 Å². The quantitative estimate of drug-likeness (QED) is 0.477. The van der Waals surface area contributed by atoms with Crippen LogP contribution in [0.25, 0.3) is 22.2 Å². The number of fused-ring (bicyclic) bond motifs is 2. The van der Waals surface area contributed by atoms with Crippen molar-refractivity contribution >= 4 is 40.3 Å². The van der Waals surface area contributed by atoms with Crippen LogP contribution in [-0.4, -0.2) is 20.6 Å². The van der Waals surface area contributed by atoms with Crippen LogP contribution >= 0.6 is 11.3 Å². The standard InChI is InChI=1S/C28H25N5O2S/c1-13-9-17(16(4)33(13)27-24(28(34)35)18-7-5-6-8-22(18)36-27)10-19-14(2)20(11-29)25-23(19)15(3)21(12-30)26(31)32-25/h9-10H,5-8H2,1-4H3,(H2,31,32)(H,34,35)/b19-10-. The summed E-state index contributed by atoms with van der Waals surface area (Å²) in [5, 5.41) is 30.3. The van der Waals surface area contributed by atoms with Crippen molar-refractivity contribution in [3.63, 3.8) is 0 Å². The average Bonchev–Trinajstić information content (AvgIpc) is 3.43. The molecule has 8 heteroatoms. The third kappa shape index (κ3) is 3.30. The molecule has 2 aliphatic rings. The van der Waals surface area contributed by atoms with Crippen LogP contribution in [0.3, 0.4) is 0 Å². The minimum Gasteiger partial charge on any atom is -0.478 e. The molecule has 3 N–H and O–H groups in total. The van der Waals surface area contributed by atoms with E-state index < -0.39 is 5.97 Å². The summed E-state index contributed by atoms with van der Waals surface area (Å²) < 4.78 is 2.04. The number of hydrogen-bond acceptors (Lipinski definition) is 6. The van der Waals surface area contributed by atoms with E-state index in [0.717, 1.165) is 69.9 Å². The second kappa shape index (κ2) is 8.51. The van der Waals surface area contributed by atoms with Crippen molar-refractivity contribution < 1.29 is 9.90 Å². The van der Waals surface area contributed by atoms with E-state index in [0.29, 0.717) is 28.0 Å². The molecule has 0 atom stereocenters. The number of nitriles is 2. The van der Waals surface area contributed by atoms with E-state index in [4.69, 9.17) is 5.73 Å². The Morgan fingerprint density at radius 3 is 2.58 bits per heavy atom. The van der Waals surface area contributed by atoms with Gasteiger partial charge in [-0.25, -0.2) is 9.78 Å². The number of aryl methyl sites for hydroxylation is 2. The Labute approximate surface area is 213 Å². The molecule has 0 aromatic carbocycles. The highest BCUT2D eigenvalue weighted by atomic mass is 32.1. The smallest absolute Gasteiger partial charge is 0.339 e. The fraction of sp³-hybridized carbons (Fsp3) is 0.286. The Balaban J connectivity index is 1.73. The molecule has 0 radical (unpaired) electrons. The molecule has 180 valence electrons. The van der Waals surface area contributed by atoms with Crippen LogP contribution in [0.15, 0.2) is 11.6 Å². The highest BCUT2D eigenvalue weighted by Gasteiger charge is 2.31. The van der Waals surface area contributed by atoms with Gasteiger partial charge in [0.15, 0.2) is 0 Å². The molecule has 0 aliphatic heterocycles. The highest BCUT2D eigenvalue weighted by Crippen LogP contribution is 2.45. The maximum Gasteiger partial charge on any atom is 0.339 e. The maximum atomic E-state index is 12.3. The van der Waals surface area contributed by atoms with Crippen LogP contribution in [0, 0.1) is 43.4 Å². The fourth-order valence-corrected chi connectivity index (χ4v) is 7.02. The average molecular weight is 496 g/mol. The first-order valence-electron chi connectivity index (χ1n) is 11.8. The molecule has 0 amide bonds. The molecular weight excluding hydrogens is 470 g/mol. The molecule has 3 heterocycles. The molecule has 7 nitrogen and oxygen atoms in total. The Morgan fingerprint density at radius 1 is 1.19 bits per heavy atom. The number of carboxylic acid groups (broad SMARTS) is 1. The number of nitrogens with zero attached hydrogens (tertiary/aromatic N) is 4. The maximum absolute atomic E-state index is 12.3. The summed E-state index contributed by atoms with van der Waals surface area (Å²) >= 11 is 1.58. The van der Waals surface area contributed by atoms with E-state index in [9.17, 15) is 20.4 Å². The Morgan fingerprint density at radius 2 is 1.92 bits per heavy atom. The van der Waals surface area contributed by atoms with Crippen molar-refractivity contribution in [3.8, 4) is 17.1 Å². The van der Waals surface area contributed by atoms with E-state index in [1.165, 1.54) is 4.88 Å². The molecule has 5 rings (SSSR count). The van der Waals surface area contributed by atoms with Crippen molar-refractivity contribution in [2.45, 2.75) is 53.4 Å². The van der Waals surface area contributed by atoms with Gasteiger partial charge in [0.05, 0.1) is 22.4 Å². The molecular formula is C28H25N5O2S. The first-order chi connectivity index (χ1) is 17.2. The zero-order valence-corrected chi connectivity index (χ0v) is 21.4. The molecule has 0 fully saturated rings. The Kier molecular flexibility index (Phi) is 5.58. The summed E-state index contributed by atoms with van der Waals surface area (Å²) in [6, 6.07) is 6.43. The third-order valence-corrected chi connectivity index (χ3v) is 8.60. The largest absolute Gasteiger partial charge is 0.478 e. The molecule has 0 saturated carbocycles. The molecule has 0 spiro atoms. The first-order valence-corrected chi connectivity index (χ1v) is 12.6. The van der Waals surface area contributed by atoms with Crippen LogP contribution in [0.2, 0.25) is 0 Å². The zero-order chi connectivity index (χ0) is 25.9. The highest BCUT2D eigenvalue weighted by molar-refractivity contribution is 7.15. The predicted molar refractivity (Wildman–Crippen MR) is 141 cm³/mol. The summed E-state index contributed by atoms with van der Waals surface area (Å²) in [5.41, 5.74) is 14.5. The minimum absolute atomic E-state index is 0.122. The monoisotopic (exact) mass is 495 g/mol. The number of nitrogens with two attached hydrogens (primary N) is 1. The molecule has 0 saturated heterocycles. The SMILES string of the molecule is CC1=C(C#N)c2nc(N)c(C#N)c(C)c2/C1=C\c1cc(C)n(-c2sc3c(c2C(=O)O)CCCC3)c1C. The lowest BCUT2D eigenvalue weighted by molar-refractivity contribution is 0.0696. The van der Waals surface area contributed by atoms with Gasteiger partial charge in [0.25, 0.3) is 0 Å². The number of aromatic nitrogens is 2. The number of hydrogen-bond donors (Lipinski definition) is 2. The number of aromatic carboxylic acids is 1. The molecule has 2 aliphatic carbocycles. The molecule has 3 aromatic rings. The summed E-state index contributed by atoms with van der Waals surface area (Å²) in [4.78, 5) is 17.9. The predicted octanol–water partition coefficient (Wildman–Crippen LogP) is 5.74. The zero-order valence-electron chi connectivity index (χ0n) is 20.6. The fourth-order valence-electron chi connectivity index (χ4n) is 5.53. The topological polar surface area (TPSA) is 129 Å². The number of rotatable bonds is 3. The van der Waals surface area contributed by atoms with Crippen molar-refractivity contribution in [1.82, 2.24) is 9.55 Å². The summed E-state index contributed by atoms with van der Waals surface area (Å²) in [6.07, 6.45) is 5.83. The van der Waals surface area contributed by atoms with E-state index in [1.807, 2.05) is 44.4 Å². The number of thiophene rings is 1. The lowest BCUT2D eigenvalue weighted by Gasteiger charge is -2.12. The van der Waals surface area contributed by atoms with Gasteiger partial charge in [-0.3, -0.25) is 0 Å². The number of carbonyl (C=O) groups is 1. The van der Waals surface area contributed by atoms with E-state index >= 15 is 0 Å². The van der Waals surface area contributed by atoms with Gasteiger partial charge in [-0.15, -0.1) is 11.3 Å². The summed E-state index contributed by atoms with van der Waals surface area (Å²) in [7, 11) is 0. The van der Waals surface area contributed by atoms with E-state index in [2.05, 4.69) is 17.1 Å². The Bertz CT molecular complexity index is 1640. The van der Waals surface area contributed by atoms with Gasteiger partial charge in [-0.1, -0.05) is 0 Å².